The number of hydrogen-bond donors (Lipinski definition) is 0. The van der Waals surface area contributed by atoms with E-state index in [1.54, 1.807) is 11.0 Å². The summed E-state index contributed by atoms with van der Waals surface area (Å²) in [6.07, 6.45) is 0.588. The van der Waals surface area contributed by atoms with E-state index in [1.165, 1.54) is 46.2 Å². The monoisotopic (exact) mass is 504 g/mol. The van der Waals surface area contributed by atoms with Gasteiger partial charge in [-0.1, -0.05) is 37.3 Å². The molecule has 0 aliphatic carbocycles. The second-order valence-corrected chi connectivity index (χ2v) is 8.62. The van der Waals surface area contributed by atoms with Crippen molar-refractivity contribution in [1.29, 1.82) is 0 Å². The van der Waals surface area contributed by atoms with Gasteiger partial charge in [-0.15, -0.1) is 0 Å². The highest BCUT2D eigenvalue weighted by molar-refractivity contribution is 5.37. The number of aromatic nitrogens is 6. The molecule has 0 spiro atoms. The Kier molecular flexibility index (Phi) is 6.95. The molecule has 4 aromatic rings. The molecule has 2 aromatic carbocycles. The van der Waals surface area contributed by atoms with Crippen LogP contribution in [0.4, 0.5) is 17.6 Å². The third-order valence-corrected chi connectivity index (χ3v) is 6.24. The average molecular weight is 504 g/mol. The van der Waals surface area contributed by atoms with Crippen molar-refractivity contribution in [1.82, 2.24) is 29.1 Å². The minimum atomic E-state index is -4.26. The molecule has 4 rings (SSSR count). The number of rotatable bonds is 10. The summed E-state index contributed by atoms with van der Waals surface area (Å²) >= 11 is 0. The molecule has 2 heterocycles. The van der Waals surface area contributed by atoms with Crippen LogP contribution in [0.25, 0.3) is 5.69 Å². The molecule has 8 nitrogen and oxygen atoms in total. The molecule has 0 saturated carbocycles. The summed E-state index contributed by atoms with van der Waals surface area (Å²) in [6, 6.07) is 14.9. The quantitative estimate of drug-likeness (QED) is 0.304. The van der Waals surface area contributed by atoms with Crippen LogP contribution in [0.5, 0.6) is 5.75 Å². The van der Waals surface area contributed by atoms with Gasteiger partial charge in [0.05, 0.1) is 18.3 Å². The summed E-state index contributed by atoms with van der Waals surface area (Å²) < 4.78 is 60.0. The van der Waals surface area contributed by atoms with E-state index in [4.69, 9.17) is 4.74 Å². The molecule has 0 fully saturated rings. The Hall–Kier alpha value is -3.96. The molecule has 190 valence electrons. The fourth-order valence-electron chi connectivity index (χ4n) is 3.91. The number of nitrogens with zero attached hydrogens (tertiary/aromatic N) is 6. The summed E-state index contributed by atoms with van der Waals surface area (Å²) in [7, 11) is 0. The lowest BCUT2D eigenvalue weighted by atomic mass is 9.76. The molecule has 0 aliphatic rings. The van der Waals surface area contributed by atoms with Gasteiger partial charge in [0, 0.05) is 5.41 Å². The van der Waals surface area contributed by atoms with Gasteiger partial charge in [-0.05, 0) is 36.8 Å². The Morgan fingerprint density at radius 3 is 2.31 bits per heavy atom. The summed E-state index contributed by atoms with van der Waals surface area (Å²) in [4.78, 5) is 17.3. The molecule has 0 radical (unpaired) electrons. The van der Waals surface area contributed by atoms with Crippen LogP contribution in [-0.2, 0) is 12.0 Å². The lowest BCUT2D eigenvalue weighted by Crippen LogP contribution is -2.41. The average Bonchev–Trinajstić information content (AvgIpc) is 3.52. The summed E-state index contributed by atoms with van der Waals surface area (Å²) in [6.45, 7) is 2.89. The van der Waals surface area contributed by atoms with Crippen molar-refractivity contribution in [2.45, 2.75) is 44.2 Å². The zero-order chi connectivity index (χ0) is 25.9. The van der Waals surface area contributed by atoms with Crippen molar-refractivity contribution >= 4 is 0 Å². The summed E-state index contributed by atoms with van der Waals surface area (Å²) in [5.74, 6) is -4.29. The molecule has 2 aromatic heterocycles. The summed E-state index contributed by atoms with van der Waals surface area (Å²) in [5.41, 5.74) is 0.382. The Morgan fingerprint density at radius 2 is 1.69 bits per heavy atom. The van der Waals surface area contributed by atoms with Gasteiger partial charge in [-0.3, -0.25) is 4.68 Å². The highest BCUT2D eigenvalue weighted by Crippen LogP contribution is 2.36. The lowest BCUT2D eigenvalue weighted by molar-refractivity contribution is -0.148. The molecule has 0 N–H and O–H groups in total. The van der Waals surface area contributed by atoms with Gasteiger partial charge in [0.1, 0.15) is 24.7 Å². The highest BCUT2D eigenvalue weighted by atomic mass is 19.3. The van der Waals surface area contributed by atoms with Gasteiger partial charge in [0.15, 0.2) is 6.61 Å². The van der Waals surface area contributed by atoms with Crippen LogP contribution in [0, 0.1) is 0 Å². The minimum Gasteiger partial charge on any atom is -0.487 e. The third-order valence-electron chi connectivity index (χ3n) is 6.24. The van der Waals surface area contributed by atoms with Crippen molar-refractivity contribution in [2.24, 2.45) is 0 Å². The van der Waals surface area contributed by atoms with Gasteiger partial charge in [0.25, 0.3) is 0 Å². The van der Waals surface area contributed by atoms with Gasteiger partial charge in [0.2, 0.25) is 0 Å². The van der Waals surface area contributed by atoms with Gasteiger partial charge in [-0.2, -0.15) is 19.0 Å². The number of halogens is 4. The standard InChI is InChI=1S/C24H24F4N6O2/c1-17(23(2,12-32-15-29-14-30-32)18-6-4-3-5-7-18)34-22(35)33(16-31-34)19-8-10-20(11-9-19)36-13-24(27,28)21(25)26/h3-11,14-17,21H,12-13H2,1-2H3. The Labute approximate surface area is 203 Å². The van der Waals surface area contributed by atoms with Crippen molar-refractivity contribution in [3.63, 3.8) is 0 Å². The van der Waals surface area contributed by atoms with Gasteiger partial charge in [-0.25, -0.2) is 27.8 Å². The first kappa shape index (κ1) is 25.1. The number of hydrogen-bond acceptors (Lipinski definition) is 5. The Balaban J connectivity index is 1.59. The Morgan fingerprint density at radius 1 is 1.00 bits per heavy atom. The van der Waals surface area contributed by atoms with E-state index in [0.717, 1.165) is 5.56 Å². The number of alkyl halides is 4. The van der Waals surface area contributed by atoms with Gasteiger partial charge >= 0.3 is 18.0 Å². The molecule has 36 heavy (non-hydrogen) atoms. The van der Waals surface area contributed by atoms with Crippen LogP contribution in [0.3, 0.4) is 0 Å². The molecular formula is C24H24F4N6O2. The Bertz CT molecular complexity index is 1320. The predicted molar refractivity (Wildman–Crippen MR) is 123 cm³/mol. The zero-order valence-corrected chi connectivity index (χ0v) is 19.5. The fourth-order valence-corrected chi connectivity index (χ4v) is 3.91. The predicted octanol–water partition coefficient (Wildman–Crippen LogP) is 4.12. The number of benzene rings is 2. The van der Waals surface area contributed by atoms with Crippen molar-refractivity contribution < 1.29 is 22.3 Å². The topological polar surface area (TPSA) is 79.8 Å². The van der Waals surface area contributed by atoms with E-state index in [2.05, 4.69) is 15.2 Å². The highest BCUT2D eigenvalue weighted by Gasteiger charge is 2.41. The van der Waals surface area contributed by atoms with E-state index >= 15 is 0 Å². The molecule has 12 heteroatoms. The van der Waals surface area contributed by atoms with Crippen LogP contribution in [0.1, 0.15) is 25.5 Å². The maximum Gasteiger partial charge on any atom is 0.350 e. The smallest absolute Gasteiger partial charge is 0.350 e. The zero-order valence-electron chi connectivity index (χ0n) is 19.5. The van der Waals surface area contributed by atoms with Crippen molar-refractivity contribution in [3.05, 3.63) is 89.6 Å². The SMILES string of the molecule is CC(n1ncn(-c2ccc(OCC(F)(F)C(F)F)cc2)c1=O)C(C)(Cn1cncn1)c1ccccc1. The van der Waals surface area contributed by atoms with E-state index in [0.29, 0.717) is 12.2 Å². The maximum absolute atomic E-state index is 13.3. The first-order valence-corrected chi connectivity index (χ1v) is 11.0. The van der Waals surface area contributed by atoms with Crippen molar-refractivity contribution in [3.8, 4) is 11.4 Å². The lowest BCUT2D eigenvalue weighted by Gasteiger charge is -2.35. The van der Waals surface area contributed by atoms with Gasteiger partial charge < -0.3 is 4.74 Å². The van der Waals surface area contributed by atoms with Crippen LogP contribution in [0.2, 0.25) is 0 Å². The van der Waals surface area contributed by atoms with Crippen LogP contribution in [-0.4, -0.2) is 48.1 Å². The molecule has 0 saturated heterocycles. The molecular weight excluding hydrogens is 480 g/mol. The second kappa shape index (κ2) is 9.96. The van der Waals surface area contributed by atoms with Crippen molar-refractivity contribution in [2.75, 3.05) is 6.61 Å². The number of ether oxygens (including phenoxy) is 1. The van der Waals surface area contributed by atoms with Crippen LogP contribution in [0.15, 0.2) is 78.4 Å². The third kappa shape index (κ3) is 5.02. The second-order valence-electron chi connectivity index (χ2n) is 8.62. The van der Waals surface area contributed by atoms with E-state index in [-0.39, 0.29) is 5.75 Å². The molecule has 2 unspecified atom stereocenters. The maximum atomic E-state index is 13.3. The minimum absolute atomic E-state index is 0.0302. The molecule has 0 amide bonds. The molecule has 0 aliphatic heterocycles. The normalized spacial score (nSPS) is 14.5. The molecule has 0 bridgehead atoms. The first-order chi connectivity index (χ1) is 17.1. The van der Waals surface area contributed by atoms with E-state index in [9.17, 15) is 22.4 Å². The largest absolute Gasteiger partial charge is 0.487 e. The van der Waals surface area contributed by atoms with Crippen LogP contribution >= 0.6 is 0 Å². The van der Waals surface area contributed by atoms with Crippen LogP contribution < -0.4 is 10.4 Å². The van der Waals surface area contributed by atoms with E-state index < -0.39 is 36.1 Å². The first-order valence-electron chi connectivity index (χ1n) is 11.0. The molecule has 2 atom stereocenters. The van der Waals surface area contributed by atoms with E-state index in [1.807, 2.05) is 44.2 Å². The summed E-state index contributed by atoms with van der Waals surface area (Å²) in [5, 5.41) is 8.55. The fraction of sp³-hybridized carbons (Fsp3) is 0.333.